The molecule has 1 aromatic rings. The third-order valence-electron chi connectivity index (χ3n) is 3.48. The van der Waals surface area contributed by atoms with Crippen LogP contribution in [0.25, 0.3) is 0 Å². The molecule has 0 bridgehead atoms. The number of carbonyl (C=O) groups is 1. The van der Waals surface area contributed by atoms with Crippen LogP contribution in [0, 0.1) is 18.2 Å². The Morgan fingerprint density at radius 1 is 1.60 bits per heavy atom. The largest absolute Gasteiger partial charge is 0.327 e. The van der Waals surface area contributed by atoms with E-state index in [2.05, 4.69) is 11.2 Å². The van der Waals surface area contributed by atoms with Gasteiger partial charge in [0.2, 0.25) is 0 Å². The van der Waals surface area contributed by atoms with Crippen LogP contribution in [0.3, 0.4) is 0 Å². The zero-order valence-corrected chi connectivity index (χ0v) is 11.8. The summed E-state index contributed by atoms with van der Waals surface area (Å²) in [5.74, 6) is 2.04. The van der Waals surface area contributed by atoms with E-state index in [9.17, 15) is 9.18 Å². The highest BCUT2D eigenvalue weighted by atomic mass is 35.5. The summed E-state index contributed by atoms with van der Waals surface area (Å²) in [6.07, 6.45) is 7.29. The molecule has 1 heterocycles. The number of urea groups is 1. The number of rotatable bonds is 3. The first kappa shape index (κ1) is 14.7. The van der Waals surface area contributed by atoms with E-state index in [1.165, 1.54) is 6.07 Å². The second kappa shape index (κ2) is 6.62. The molecular formula is C15H16ClFN2O. The van der Waals surface area contributed by atoms with Crippen LogP contribution < -0.4 is 5.32 Å². The Labute approximate surface area is 123 Å². The Balaban J connectivity index is 2.08. The molecular weight excluding hydrogens is 279 g/mol. The van der Waals surface area contributed by atoms with Gasteiger partial charge in [0.05, 0.1) is 6.54 Å². The van der Waals surface area contributed by atoms with Crippen molar-refractivity contribution in [2.75, 3.05) is 13.1 Å². The van der Waals surface area contributed by atoms with Crippen LogP contribution >= 0.6 is 11.6 Å². The molecule has 0 aliphatic carbocycles. The van der Waals surface area contributed by atoms with Gasteiger partial charge in [0, 0.05) is 23.2 Å². The van der Waals surface area contributed by atoms with E-state index in [1.54, 1.807) is 17.0 Å². The van der Waals surface area contributed by atoms with Crippen LogP contribution in [-0.2, 0) is 6.42 Å². The van der Waals surface area contributed by atoms with Crippen molar-refractivity contribution >= 4 is 17.6 Å². The Bertz CT molecular complexity index is 521. The van der Waals surface area contributed by atoms with Crippen LogP contribution in [0.2, 0.25) is 5.02 Å². The first-order valence-electron chi connectivity index (χ1n) is 6.54. The minimum absolute atomic E-state index is 0.0397. The van der Waals surface area contributed by atoms with Gasteiger partial charge in [-0.1, -0.05) is 23.6 Å². The molecule has 1 aliphatic rings. The highest BCUT2D eigenvalue weighted by Gasteiger charge is 2.29. The fourth-order valence-corrected chi connectivity index (χ4v) is 2.75. The molecule has 0 radical (unpaired) electrons. The molecule has 2 rings (SSSR count). The third-order valence-corrected chi connectivity index (χ3v) is 3.84. The molecule has 1 aliphatic heterocycles. The minimum atomic E-state index is -0.326. The van der Waals surface area contributed by atoms with Crippen molar-refractivity contribution in [2.24, 2.45) is 0 Å². The Kier molecular flexibility index (Phi) is 4.86. The summed E-state index contributed by atoms with van der Waals surface area (Å²) in [6.45, 7) is 0.857. The number of benzene rings is 1. The monoisotopic (exact) mass is 294 g/mol. The van der Waals surface area contributed by atoms with Gasteiger partial charge in [0.15, 0.2) is 0 Å². The molecule has 1 fully saturated rings. The van der Waals surface area contributed by atoms with E-state index in [0.717, 1.165) is 12.8 Å². The van der Waals surface area contributed by atoms with Gasteiger partial charge in [0.1, 0.15) is 5.82 Å². The highest BCUT2D eigenvalue weighted by molar-refractivity contribution is 6.31. The summed E-state index contributed by atoms with van der Waals surface area (Å²) in [7, 11) is 0. The molecule has 5 heteroatoms. The molecule has 1 saturated heterocycles. The van der Waals surface area contributed by atoms with Crippen molar-refractivity contribution in [3.8, 4) is 12.3 Å². The summed E-state index contributed by atoms with van der Waals surface area (Å²) in [5.41, 5.74) is 0.468. The van der Waals surface area contributed by atoms with Gasteiger partial charge in [0.25, 0.3) is 0 Å². The molecule has 1 atom stereocenters. The number of hydrogen-bond donors (Lipinski definition) is 1. The lowest BCUT2D eigenvalue weighted by Gasteiger charge is -2.25. The van der Waals surface area contributed by atoms with Gasteiger partial charge in [-0.2, -0.15) is 0 Å². The molecule has 20 heavy (non-hydrogen) atoms. The summed E-state index contributed by atoms with van der Waals surface area (Å²) < 4.78 is 13.8. The predicted octanol–water partition coefficient (Wildman–Crippen LogP) is 2.83. The number of likely N-dealkylation sites (tertiary alicyclic amines) is 1. The van der Waals surface area contributed by atoms with Gasteiger partial charge in [-0.25, -0.2) is 9.18 Å². The van der Waals surface area contributed by atoms with E-state index in [1.807, 2.05) is 0 Å². The van der Waals surface area contributed by atoms with Crippen LogP contribution in [-0.4, -0.2) is 30.1 Å². The first-order chi connectivity index (χ1) is 9.63. The molecule has 1 N–H and O–H groups in total. The van der Waals surface area contributed by atoms with Crippen molar-refractivity contribution < 1.29 is 9.18 Å². The van der Waals surface area contributed by atoms with Crippen LogP contribution in [0.5, 0.6) is 0 Å². The van der Waals surface area contributed by atoms with E-state index in [-0.39, 0.29) is 24.4 Å². The molecule has 2 amide bonds. The number of terminal acetylenes is 1. The molecule has 0 spiro atoms. The van der Waals surface area contributed by atoms with Gasteiger partial charge in [-0.05, 0) is 31.4 Å². The number of carbonyl (C=O) groups excluding carboxylic acids is 1. The van der Waals surface area contributed by atoms with Gasteiger partial charge in [-0.15, -0.1) is 6.42 Å². The van der Waals surface area contributed by atoms with E-state index >= 15 is 0 Å². The van der Waals surface area contributed by atoms with E-state index in [0.29, 0.717) is 23.6 Å². The van der Waals surface area contributed by atoms with E-state index < -0.39 is 0 Å². The number of halogens is 2. The first-order valence-corrected chi connectivity index (χ1v) is 6.92. The summed E-state index contributed by atoms with van der Waals surface area (Å²) >= 11 is 6.03. The third kappa shape index (κ3) is 3.23. The molecule has 3 nitrogen and oxygen atoms in total. The summed E-state index contributed by atoms with van der Waals surface area (Å²) in [4.78, 5) is 13.7. The molecule has 106 valence electrons. The lowest BCUT2D eigenvalue weighted by molar-refractivity contribution is 0.193. The maximum absolute atomic E-state index is 13.8. The van der Waals surface area contributed by atoms with Crippen molar-refractivity contribution in [3.05, 3.63) is 34.6 Å². The van der Waals surface area contributed by atoms with Crippen LogP contribution in [0.1, 0.15) is 18.4 Å². The SMILES string of the molecule is C#CCNC(=O)N1CCC[C@@H]1Cc1c(F)cccc1Cl. The average molecular weight is 295 g/mol. The second-order valence-corrected chi connectivity index (χ2v) is 5.16. The van der Waals surface area contributed by atoms with E-state index in [4.69, 9.17) is 18.0 Å². The number of amides is 2. The standard InChI is InChI=1S/C15H16ClFN2O/c1-2-8-18-15(20)19-9-4-5-11(19)10-12-13(16)6-3-7-14(12)17/h1,3,6-7,11H,4-5,8-10H2,(H,18,20)/t11-/m1/s1. The van der Waals surface area contributed by atoms with Gasteiger partial charge in [-0.3, -0.25) is 0 Å². The lowest BCUT2D eigenvalue weighted by atomic mass is 10.0. The lowest BCUT2D eigenvalue weighted by Crippen LogP contribution is -2.43. The Morgan fingerprint density at radius 3 is 3.10 bits per heavy atom. The molecule has 1 aromatic carbocycles. The number of nitrogens with zero attached hydrogens (tertiary/aromatic N) is 1. The van der Waals surface area contributed by atoms with Crippen LogP contribution in [0.4, 0.5) is 9.18 Å². The maximum atomic E-state index is 13.8. The second-order valence-electron chi connectivity index (χ2n) is 4.76. The smallest absolute Gasteiger partial charge is 0.318 e. The normalized spacial score (nSPS) is 17.9. The highest BCUT2D eigenvalue weighted by Crippen LogP contribution is 2.26. The minimum Gasteiger partial charge on any atom is -0.327 e. The predicted molar refractivity (Wildman–Crippen MR) is 77.1 cm³/mol. The number of hydrogen-bond acceptors (Lipinski definition) is 1. The average Bonchev–Trinajstić information content (AvgIpc) is 2.88. The van der Waals surface area contributed by atoms with Crippen molar-refractivity contribution in [3.63, 3.8) is 0 Å². The fourth-order valence-electron chi connectivity index (χ4n) is 2.51. The molecule has 0 aromatic heterocycles. The maximum Gasteiger partial charge on any atom is 0.318 e. The molecule has 0 saturated carbocycles. The topological polar surface area (TPSA) is 32.3 Å². The van der Waals surface area contributed by atoms with Crippen molar-refractivity contribution in [1.29, 1.82) is 0 Å². The van der Waals surface area contributed by atoms with Gasteiger partial charge < -0.3 is 10.2 Å². The molecule has 0 unspecified atom stereocenters. The zero-order chi connectivity index (χ0) is 14.5. The number of nitrogens with one attached hydrogen (secondary N) is 1. The summed E-state index contributed by atoms with van der Waals surface area (Å²) in [5, 5.41) is 3.05. The van der Waals surface area contributed by atoms with Crippen molar-refractivity contribution in [2.45, 2.75) is 25.3 Å². The van der Waals surface area contributed by atoms with Gasteiger partial charge >= 0.3 is 6.03 Å². The van der Waals surface area contributed by atoms with Crippen molar-refractivity contribution in [1.82, 2.24) is 10.2 Å². The van der Waals surface area contributed by atoms with Crippen LogP contribution in [0.15, 0.2) is 18.2 Å². The fraction of sp³-hybridized carbons (Fsp3) is 0.400. The Hall–Kier alpha value is -1.73. The zero-order valence-electron chi connectivity index (χ0n) is 11.0. The quantitative estimate of drug-likeness (QED) is 0.854. The summed E-state index contributed by atoms with van der Waals surface area (Å²) in [6, 6.07) is 4.39. The Morgan fingerprint density at radius 2 is 2.40 bits per heavy atom.